The van der Waals surface area contributed by atoms with Crippen LogP contribution in [0.3, 0.4) is 0 Å². The summed E-state index contributed by atoms with van der Waals surface area (Å²) in [7, 11) is 0. The van der Waals surface area contributed by atoms with Crippen LogP contribution in [0.4, 0.5) is 0 Å². The average molecular weight is 344 g/mol. The number of amides is 1. The van der Waals surface area contributed by atoms with Crippen LogP contribution in [0.2, 0.25) is 5.02 Å². The standard InChI is InChI=1S/C19H18ClNOS/c1-13(10-15-12-23-18-9-5-3-7-16(15)18)21-19(22)11-14-6-2-4-8-17(14)20/h2-9,12-13H,10-11H2,1H3,(H,21,22)/t13-/m1/s1. The van der Waals surface area contributed by atoms with Crippen molar-refractivity contribution in [3.8, 4) is 0 Å². The van der Waals surface area contributed by atoms with E-state index in [9.17, 15) is 4.79 Å². The van der Waals surface area contributed by atoms with Crippen molar-refractivity contribution in [1.29, 1.82) is 0 Å². The molecule has 0 radical (unpaired) electrons. The molecule has 118 valence electrons. The number of rotatable bonds is 5. The number of carbonyl (C=O) groups excluding carboxylic acids is 1. The second kappa shape index (κ2) is 7.16. The second-order valence-corrected chi connectivity index (χ2v) is 7.02. The highest BCUT2D eigenvalue weighted by molar-refractivity contribution is 7.17. The van der Waals surface area contributed by atoms with Crippen LogP contribution < -0.4 is 5.32 Å². The Morgan fingerprint density at radius 1 is 1.13 bits per heavy atom. The van der Waals surface area contributed by atoms with Gasteiger partial charge in [-0.05, 0) is 47.4 Å². The number of halogens is 1. The van der Waals surface area contributed by atoms with Gasteiger partial charge in [0.05, 0.1) is 6.42 Å². The van der Waals surface area contributed by atoms with Gasteiger partial charge >= 0.3 is 0 Å². The van der Waals surface area contributed by atoms with Gasteiger partial charge in [-0.1, -0.05) is 48.0 Å². The Bertz CT molecular complexity index is 827. The first-order valence-electron chi connectivity index (χ1n) is 7.61. The van der Waals surface area contributed by atoms with Gasteiger partial charge in [-0.3, -0.25) is 4.79 Å². The fourth-order valence-corrected chi connectivity index (χ4v) is 3.89. The molecule has 2 nitrogen and oxygen atoms in total. The molecule has 0 aliphatic rings. The Kier molecular flexibility index (Phi) is 4.99. The number of benzene rings is 2. The number of carbonyl (C=O) groups is 1. The number of hydrogen-bond acceptors (Lipinski definition) is 2. The van der Waals surface area contributed by atoms with E-state index < -0.39 is 0 Å². The van der Waals surface area contributed by atoms with Gasteiger partial charge in [0.15, 0.2) is 0 Å². The van der Waals surface area contributed by atoms with E-state index in [4.69, 9.17) is 11.6 Å². The Hall–Kier alpha value is -1.84. The number of nitrogens with one attached hydrogen (secondary N) is 1. The third-order valence-electron chi connectivity index (χ3n) is 3.80. The van der Waals surface area contributed by atoms with Crippen LogP contribution in [-0.4, -0.2) is 11.9 Å². The van der Waals surface area contributed by atoms with Gasteiger partial charge in [0.25, 0.3) is 0 Å². The predicted molar refractivity (Wildman–Crippen MR) is 98.3 cm³/mol. The summed E-state index contributed by atoms with van der Waals surface area (Å²) in [6.45, 7) is 2.04. The zero-order valence-electron chi connectivity index (χ0n) is 12.9. The fourth-order valence-electron chi connectivity index (χ4n) is 2.71. The lowest BCUT2D eigenvalue weighted by atomic mass is 10.1. The molecule has 1 aromatic heterocycles. The molecule has 1 N–H and O–H groups in total. The molecular formula is C19H18ClNOS. The maximum atomic E-state index is 12.2. The SMILES string of the molecule is C[C@H](Cc1csc2ccccc12)NC(=O)Cc1ccccc1Cl. The van der Waals surface area contributed by atoms with E-state index in [0.717, 1.165) is 12.0 Å². The first-order chi connectivity index (χ1) is 11.1. The molecule has 2 aromatic carbocycles. The zero-order valence-corrected chi connectivity index (χ0v) is 14.5. The predicted octanol–water partition coefficient (Wildman–Crippen LogP) is 4.84. The van der Waals surface area contributed by atoms with Crippen molar-refractivity contribution in [2.24, 2.45) is 0 Å². The van der Waals surface area contributed by atoms with E-state index in [0.29, 0.717) is 11.4 Å². The van der Waals surface area contributed by atoms with Gasteiger partial charge in [-0.25, -0.2) is 0 Å². The van der Waals surface area contributed by atoms with Crippen LogP contribution in [-0.2, 0) is 17.6 Å². The topological polar surface area (TPSA) is 29.1 Å². The molecule has 4 heteroatoms. The lowest BCUT2D eigenvalue weighted by molar-refractivity contribution is -0.121. The highest BCUT2D eigenvalue weighted by Crippen LogP contribution is 2.26. The van der Waals surface area contributed by atoms with Crippen molar-refractivity contribution in [2.45, 2.75) is 25.8 Å². The Balaban J connectivity index is 1.62. The van der Waals surface area contributed by atoms with E-state index in [1.165, 1.54) is 15.6 Å². The van der Waals surface area contributed by atoms with Crippen molar-refractivity contribution in [3.63, 3.8) is 0 Å². The molecule has 1 amide bonds. The van der Waals surface area contributed by atoms with E-state index >= 15 is 0 Å². The molecule has 3 aromatic rings. The monoisotopic (exact) mass is 343 g/mol. The van der Waals surface area contributed by atoms with Gasteiger partial charge in [0.2, 0.25) is 5.91 Å². The summed E-state index contributed by atoms with van der Waals surface area (Å²) >= 11 is 7.86. The van der Waals surface area contributed by atoms with Crippen LogP contribution in [0.1, 0.15) is 18.1 Å². The fraction of sp³-hybridized carbons (Fsp3) is 0.211. The molecule has 0 saturated carbocycles. The van der Waals surface area contributed by atoms with E-state index in [-0.39, 0.29) is 11.9 Å². The molecule has 0 spiro atoms. The van der Waals surface area contributed by atoms with Gasteiger partial charge in [0, 0.05) is 15.8 Å². The molecule has 0 aliphatic carbocycles. The molecule has 0 bridgehead atoms. The third kappa shape index (κ3) is 3.92. The normalized spacial score (nSPS) is 12.3. The molecule has 1 heterocycles. The van der Waals surface area contributed by atoms with Gasteiger partial charge in [-0.2, -0.15) is 0 Å². The van der Waals surface area contributed by atoms with Crippen molar-refractivity contribution in [3.05, 3.63) is 70.1 Å². The summed E-state index contributed by atoms with van der Waals surface area (Å²) in [6.07, 6.45) is 1.15. The van der Waals surface area contributed by atoms with Crippen molar-refractivity contribution in [2.75, 3.05) is 0 Å². The zero-order chi connectivity index (χ0) is 16.2. The summed E-state index contributed by atoms with van der Waals surface area (Å²) in [6, 6.07) is 15.9. The molecule has 1 atom stereocenters. The average Bonchev–Trinajstić information content (AvgIpc) is 2.93. The molecule has 0 fully saturated rings. The maximum absolute atomic E-state index is 12.2. The first-order valence-corrected chi connectivity index (χ1v) is 8.87. The quantitative estimate of drug-likeness (QED) is 0.705. The summed E-state index contributed by atoms with van der Waals surface area (Å²) in [4.78, 5) is 12.2. The smallest absolute Gasteiger partial charge is 0.224 e. The van der Waals surface area contributed by atoms with Crippen LogP contribution >= 0.6 is 22.9 Å². The van der Waals surface area contributed by atoms with Gasteiger partial charge in [0.1, 0.15) is 0 Å². The van der Waals surface area contributed by atoms with Crippen LogP contribution in [0.25, 0.3) is 10.1 Å². The van der Waals surface area contributed by atoms with Gasteiger partial charge < -0.3 is 5.32 Å². The number of hydrogen-bond donors (Lipinski definition) is 1. The Labute approximate surface area is 145 Å². The van der Waals surface area contributed by atoms with Crippen LogP contribution in [0.15, 0.2) is 53.9 Å². The summed E-state index contributed by atoms with van der Waals surface area (Å²) in [5.74, 6) is 0.00475. The molecule has 3 rings (SSSR count). The second-order valence-electron chi connectivity index (χ2n) is 5.70. The van der Waals surface area contributed by atoms with Crippen molar-refractivity contribution < 1.29 is 4.79 Å². The molecule has 0 aliphatic heterocycles. The minimum absolute atomic E-state index is 0.00475. The maximum Gasteiger partial charge on any atom is 0.224 e. The number of thiophene rings is 1. The highest BCUT2D eigenvalue weighted by Gasteiger charge is 2.12. The third-order valence-corrected chi connectivity index (χ3v) is 5.18. The van der Waals surface area contributed by atoms with E-state index in [2.05, 4.69) is 35.0 Å². The molecule has 23 heavy (non-hydrogen) atoms. The summed E-state index contributed by atoms with van der Waals surface area (Å²) in [5.41, 5.74) is 2.15. The largest absolute Gasteiger partial charge is 0.353 e. The first kappa shape index (κ1) is 16.0. The van der Waals surface area contributed by atoms with E-state index in [1.54, 1.807) is 11.3 Å². The Morgan fingerprint density at radius 3 is 2.70 bits per heavy atom. The molecule has 0 unspecified atom stereocenters. The molecule has 0 saturated heterocycles. The molecular weight excluding hydrogens is 326 g/mol. The van der Waals surface area contributed by atoms with Crippen molar-refractivity contribution >= 4 is 38.9 Å². The lowest BCUT2D eigenvalue weighted by Gasteiger charge is -2.14. The highest BCUT2D eigenvalue weighted by atomic mass is 35.5. The summed E-state index contributed by atoms with van der Waals surface area (Å²) < 4.78 is 1.29. The van der Waals surface area contributed by atoms with Crippen LogP contribution in [0.5, 0.6) is 0 Å². The summed E-state index contributed by atoms with van der Waals surface area (Å²) in [5, 5.41) is 7.17. The van der Waals surface area contributed by atoms with E-state index in [1.807, 2.05) is 31.2 Å². The van der Waals surface area contributed by atoms with Crippen LogP contribution in [0, 0.1) is 0 Å². The van der Waals surface area contributed by atoms with Gasteiger partial charge in [-0.15, -0.1) is 11.3 Å². The van der Waals surface area contributed by atoms with Crippen molar-refractivity contribution in [1.82, 2.24) is 5.32 Å². The minimum Gasteiger partial charge on any atom is -0.353 e. The number of fused-ring (bicyclic) bond motifs is 1. The lowest BCUT2D eigenvalue weighted by Crippen LogP contribution is -2.35. The minimum atomic E-state index is 0.00475. The Morgan fingerprint density at radius 2 is 1.87 bits per heavy atom.